The summed E-state index contributed by atoms with van der Waals surface area (Å²) in [7, 11) is 0. The summed E-state index contributed by atoms with van der Waals surface area (Å²) in [6.07, 6.45) is 3.69. The molecule has 1 aliphatic carbocycles. The molecule has 1 aromatic carbocycles. The number of carbonyl (C=O) groups excluding carboxylic acids is 2. The first kappa shape index (κ1) is 16.5. The minimum Gasteiger partial charge on any atom is -0.371 e. The number of carbonyl (C=O) groups is 2. The van der Waals surface area contributed by atoms with Gasteiger partial charge in [0.1, 0.15) is 0 Å². The van der Waals surface area contributed by atoms with Gasteiger partial charge >= 0.3 is 0 Å². The van der Waals surface area contributed by atoms with Crippen molar-refractivity contribution in [3.8, 4) is 0 Å². The van der Waals surface area contributed by atoms with Crippen LogP contribution in [-0.4, -0.2) is 39.9 Å². The summed E-state index contributed by atoms with van der Waals surface area (Å²) in [5.41, 5.74) is 1.16. The van der Waals surface area contributed by atoms with E-state index < -0.39 is 0 Å². The van der Waals surface area contributed by atoms with E-state index in [2.05, 4.69) is 12.1 Å². The topological polar surface area (TPSA) is 46.6 Å². The lowest BCUT2D eigenvalue weighted by Gasteiger charge is -2.29. The molecule has 1 aromatic rings. The fourth-order valence-electron chi connectivity index (χ4n) is 3.57. The number of rotatable bonds is 5. The molecule has 23 heavy (non-hydrogen) atoms. The SMILES string of the molecule is CC(=O)SC1CC(=O)N(C2CCCC2OCc2ccccc2)C1. The zero-order valence-electron chi connectivity index (χ0n) is 13.4. The van der Waals surface area contributed by atoms with Crippen LogP contribution in [0.2, 0.25) is 0 Å². The number of amides is 1. The largest absolute Gasteiger partial charge is 0.371 e. The Kier molecular flexibility index (Phi) is 5.38. The van der Waals surface area contributed by atoms with E-state index in [9.17, 15) is 9.59 Å². The Morgan fingerprint density at radius 1 is 1.30 bits per heavy atom. The minimum atomic E-state index is 0.0907. The molecular weight excluding hydrogens is 310 g/mol. The summed E-state index contributed by atoms with van der Waals surface area (Å²) in [6, 6.07) is 10.3. The molecule has 124 valence electrons. The van der Waals surface area contributed by atoms with Gasteiger partial charge in [0, 0.05) is 25.1 Å². The van der Waals surface area contributed by atoms with Crippen LogP contribution in [0.15, 0.2) is 30.3 Å². The quantitative estimate of drug-likeness (QED) is 0.831. The molecule has 3 unspecified atom stereocenters. The molecule has 2 aliphatic rings. The molecule has 4 nitrogen and oxygen atoms in total. The van der Waals surface area contributed by atoms with Crippen molar-refractivity contribution in [2.45, 2.75) is 56.6 Å². The van der Waals surface area contributed by atoms with Gasteiger partial charge in [-0.15, -0.1) is 0 Å². The van der Waals surface area contributed by atoms with Gasteiger partial charge in [-0.3, -0.25) is 9.59 Å². The highest BCUT2D eigenvalue weighted by atomic mass is 32.2. The van der Waals surface area contributed by atoms with Gasteiger partial charge in [-0.25, -0.2) is 0 Å². The lowest BCUT2D eigenvalue weighted by Crippen LogP contribution is -2.42. The predicted molar refractivity (Wildman–Crippen MR) is 91.0 cm³/mol. The molecule has 3 atom stereocenters. The number of hydrogen-bond acceptors (Lipinski definition) is 4. The number of likely N-dealkylation sites (tertiary alicyclic amines) is 1. The van der Waals surface area contributed by atoms with E-state index in [0.717, 1.165) is 24.8 Å². The Labute approximate surface area is 141 Å². The summed E-state index contributed by atoms with van der Waals surface area (Å²) < 4.78 is 6.11. The smallest absolute Gasteiger partial charge is 0.224 e. The summed E-state index contributed by atoms with van der Waals surface area (Å²) in [5, 5.41) is 0.198. The predicted octanol–water partition coefficient (Wildman–Crippen LogP) is 3.00. The molecule has 1 saturated heterocycles. The van der Waals surface area contributed by atoms with Crippen molar-refractivity contribution >= 4 is 22.8 Å². The van der Waals surface area contributed by atoms with Crippen molar-refractivity contribution < 1.29 is 14.3 Å². The first-order valence-electron chi connectivity index (χ1n) is 8.25. The molecule has 1 aliphatic heterocycles. The fraction of sp³-hybridized carbons (Fsp3) is 0.556. The van der Waals surface area contributed by atoms with Gasteiger partial charge in [0.05, 0.1) is 18.8 Å². The van der Waals surface area contributed by atoms with Crippen molar-refractivity contribution in [1.82, 2.24) is 4.90 Å². The van der Waals surface area contributed by atoms with E-state index >= 15 is 0 Å². The van der Waals surface area contributed by atoms with Crippen LogP contribution in [0.5, 0.6) is 0 Å². The van der Waals surface area contributed by atoms with Crippen molar-refractivity contribution in [2.24, 2.45) is 0 Å². The molecular formula is C18H23NO3S. The summed E-state index contributed by atoms with van der Waals surface area (Å²) in [5.74, 6) is 0.170. The van der Waals surface area contributed by atoms with Crippen LogP contribution in [0, 0.1) is 0 Å². The summed E-state index contributed by atoms with van der Waals surface area (Å²) in [6.45, 7) is 2.84. The highest BCUT2D eigenvalue weighted by molar-refractivity contribution is 8.14. The van der Waals surface area contributed by atoms with Gasteiger partial charge in [-0.05, 0) is 24.8 Å². The van der Waals surface area contributed by atoms with Gasteiger partial charge in [0.25, 0.3) is 0 Å². The van der Waals surface area contributed by atoms with Crippen LogP contribution in [0.1, 0.15) is 38.2 Å². The van der Waals surface area contributed by atoms with Crippen molar-refractivity contribution in [1.29, 1.82) is 0 Å². The number of hydrogen-bond donors (Lipinski definition) is 0. The van der Waals surface area contributed by atoms with E-state index in [-0.39, 0.29) is 28.4 Å². The number of ether oxygens (including phenoxy) is 1. The average molecular weight is 333 g/mol. The first-order valence-corrected chi connectivity index (χ1v) is 9.13. The molecule has 1 saturated carbocycles. The standard InChI is InChI=1S/C18H23NO3S/c1-13(20)23-15-10-18(21)19(11-15)16-8-5-9-17(16)22-12-14-6-3-2-4-7-14/h2-4,6-7,15-17H,5,8-12H2,1H3. The Hall–Kier alpha value is -1.33. The van der Waals surface area contributed by atoms with Gasteiger partial charge < -0.3 is 9.64 Å². The molecule has 0 N–H and O–H groups in total. The van der Waals surface area contributed by atoms with Crippen molar-refractivity contribution in [2.75, 3.05) is 6.54 Å². The van der Waals surface area contributed by atoms with Crippen molar-refractivity contribution in [3.05, 3.63) is 35.9 Å². The maximum atomic E-state index is 12.3. The molecule has 3 rings (SSSR count). The molecule has 0 radical (unpaired) electrons. The Bertz CT molecular complexity index is 563. The van der Waals surface area contributed by atoms with E-state index in [4.69, 9.17) is 4.74 Å². The van der Waals surface area contributed by atoms with Crippen LogP contribution < -0.4 is 0 Å². The summed E-state index contributed by atoms with van der Waals surface area (Å²) in [4.78, 5) is 25.5. The highest BCUT2D eigenvalue weighted by Gasteiger charge is 2.41. The fourth-order valence-corrected chi connectivity index (χ4v) is 4.50. The van der Waals surface area contributed by atoms with E-state index in [1.54, 1.807) is 6.92 Å². The molecule has 0 bridgehead atoms. The van der Waals surface area contributed by atoms with Crippen LogP contribution in [-0.2, 0) is 20.9 Å². The van der Waals surface area contributed by atoms with Gasteiger partial charge in [-0.1, -0.05) is 42.1 Å². The molecule has 1 heterocycles. The zero-order chi connectivity index (χ0) is 16.2. The average Bonchev–Trinajstić information content (AvgIpc) is 3.11. The second-order valence-corrected chi connectivity index (χ2v) is 7.79. The van der Waals surface area contributed by atoms with Crippen LogP contribution in [0.4, 0.5) is 0 Å². The third-order valence-electron chi connectivity index (χ3n) is 4.58. The maximum absolute atomic E-state index is 12.3. The van der Waals surface area contributed by atoms with E-state index in [0.29, 0.717) is 19.6 Å². The van der Waals surface area contributed by atoms with Crippen LogP contribution in [0.25, 0.3) is 0 Å². The zero-order valence-corrected chi connectivity index (χ0v) is 14.3. The van der Waals surface area contributed by atoms with Gasteiger partial charge in [-0.2, -0.15) is 0 Å². The number of nitrogens with zero attached hydrogens (tertiary/aromatic N) is 1. The lowest BCUT2D eigenvalue weighted by molar-refractivity contribution is -0.132. The van der Waals surface area contributed by atoms with E-state index in [1.165, 1.54) is 11.8 Å². The molecule has 1 amide bonds. The third-order valence-corrected chi connectivity index (χ3v) is 5.56. The summed E-state index contributed by atoms with van der Waals surface area (Å²) >= 11 is 1.30. The highest BCUT2D eigenvalue weighted by Crippen LogP contribution is 2.33. The normalized spacial score (nSPS) is 27.6. The molecule has 2 fully saturated rings. The molecule has 0 spiro atoms. The number of benzene rings is 1. The Morgan fingerprint density at radius 2 is 2.09 bits per heavy atom. The molecule has 0 aromatic heterocycles. The third kappa shape index (κ3) is 4.15. The molecule has 5 heteroatoms. The maximum Gasteiger partial charge on any atom is 0.224 e. The van der Waals surface area contributed by atoms with Gasteiger partial charge in [0.15, 0.2) is 5.12 Å². The first-order chi connectivity index (χ1) is 11.1. The minimum absolute atomic E-state index is 0.0907. The monoisotopic (exact) mass is 333 g/mol. The van der Waals surface area contributed by atoms with Gasteiger partial charge in [0.2, 0.25) is 5.91 Å². The lowest BCUT2D eigenvalue weighted by atomic mass is 10.2. The van der Waals surface area contributed by atoms with E-state index in [1.807, 2.05) is 23.1 Å². The van der Waals surface area contributed by atoms with Crippen LogP contribution >= 0.6 is 11.8 Å². The Balaban J connectivity index is 1.58. The number of thioether (sulfide) groups is 1. The second-order valence-electron chi connectivity index (χ2n) is 6.31. The van der Waals surface area contributed by atoms with Crippen LogP contribution in [0.3, 0.4) is 0 Å². The van der Waals surface area contributed by atoms with Crippen molar-refractivity contribution in [3.63, 3.8) is 0 Å². The Morgan fingerprint density at radius 3 is 2.83 bits per heavy atom. The second kappa shape index (κ2) is 7.49.